The van der Waals surface area contributed by atoms with Crippen LogP contribution in [0, 0.1) is 6.92 Å². The van der Waals surface area contributed by atoms with Gasteiger partial charge in [-0.05, 0) is 43.3 Å². The van der Waals surface area contributed by atoms with Crippen LogP contribution in [0.2, 0.25) is 0 Å². The van der Waals surface area contributed by atoms with E-state index in [9.17, 15) is 0 Å². The van der Waals surface area contributed by atoms with E-state index in [-0.39, 0.29) is 0 Å². The van der Waals surface area contributed by atoms with Gasteiger partial charge in [-0.3, -0.25) is 4.98 Å². The third kappa shape index (κ3) is 3.86. The molecule has 0 radical (unpaired) electrons. The van der Waals surface area contributed by atoms with Crippen LogP contribution in [0.5, 0.6) is 0 Å². The number of fused-ring (bicyclic) bond motifs is 1. The molecule has 0 fully saturated rings. The molecule has 140 valence electrons. The molecule has 2 N–H and O–H groups in total. The highest BCUT2D eigenvalue weighted by molar-refractivity contribution is 5.91. The molecule has 0 saturated heterocycles. The van der Waals surface area contributed by atoms with E-state index in [0.717, 1.165) is 39.5 Å². The molecule has 0 aliphatic rings. The molecule has 0 amide bonds. The van der Waals surface area contributed by atoms with Gasteiger partial charge in [0.2, 0.25) is 5.95 Å². The number of nitrogens with zero attached hydrogens (tertiary/aromatic N) is 4. The fourth-order valence-corrected chi connectivity index (χ4v) is 3.00. The van der Waals surface area contributed by atoms with E-state index in [1.165, 1.54) is 0 Å². The SMILES string of the molecule is Cc1cc(Nc2cccc3cccnc23)nc(Nc2ccc(N(C)C)cc2)n1. The molecule has 4 rings (SSSR count). The molecule has 2 aromatic carbocycles. The Morgan fingerprint density at radius 3 is 2.43 bits per heavy atom. The number of nitrogens with one attached hydrogen (secondary N) is 2. The van der Waals surface area contributed by atoms with E-state index < -0.39 is 0 Å². The van der Waals surface area contributed by atoms with Gasteiger partial charge in [0, 0.05) is 48.8 Å². The molecule has 0 aliphatic heterocycles. The topological polar surface area (TPSA) is 66.0 Å². The lowest BCUT2D eigenvalue weighted by Gasteiger charge is -2.14. The van der Waals surface area contributed by atoms with Crippen molar-refractivity contribution in [1.29, 1.82) is 0 Å². The molecule has 0 aliphatic carbocycles. The zero-order valence-corrected chi connectivity index (χ0v) is 16.1. The van der Waals surface area contributed by atoms with Gasteiger partial charge in [-0.1, -0.05) is 18.2 Å². The molecule has 6 heteroatoms. The Bertz CT molecular complexity index is 1100. The van der Waals surface area contributed by atoms with Crippen molar-refractivity contribution in [2.45, 2.75) is 6.92 Å². The Morgan fingerprint density at radius 1 is 0.857 bits per heavy atom. The van der Waals surface area contributed by atoms with E-state index in [1.54, 1.807) is 6.20 Å². The van der Waals surface area contributed by atoms with E-state index in [0.29, 0.717) is 5.95 Å². The summed E-state index contributed by atoms with van der Waals surface area (Å²) in [4.78, 5) is 15.7. The number of hydrogen-bond donors (Lipinski definition) is 2. The molecule has 28 heavy (non-hydrogen) atoms. The molecule has 6 nitrogen and oxygen atoms in total. The third-order valence-corrected chi connectivity index (χ3v) is 4.39. The van der Waals surface area contributed by atoms with Gasteiger partial charge in [0.05, 0.1) is 11.2 Å². The fraction of sp³-hybridized carbons (Fsp3) is 0.136. The van der Waals surface area contributed by atoms with Crippen molar-refractivity contribution in [1.82, 2.24) is 15.0 Å². The summed E-state index contributed by atoms with van der Waals surface area (Å²) < 4.78 is 0. The van der Waals surface area contributed by atoms with Crippen LogP contribution >= 0.6 is 0 Å². The molecule has 2 heterocycles. The van der Waals surface area contributed by atoms with Crippen LogP contribution in [0.25, 0.3) is 10.9 Å². The Hall–Kier alpha value is -3.67. The molecule has 0 unspecified atom stereocenters. The van der Waals surface area contributed by atoms with Gasteiger partial charge >= 0.3 is 0 Å². The Morgan fingerprint density at radius 2 is 1.64 bits per heavy atom. The lowest BCUT2D eigenvalue weighted by Crippen LogP contribution is -2.08. The van der Waals surface area contributed by atoms with Crippen LogP contribution in [-0.2, 0) is 0 Å². The highest BCUT2D eigenvalue weighted by atomic mass is 15.1. The predicted octanol–water partition coefficient (Wildman–Crippen LogP) is 4.89. The number of rotatable bonds is 5. The maximum absolute atomic E-state index is 4.62. The lowest BCUT2D eigenvalue weighted by atomic mass is 10.2. The van der Waals surface area contributed by atoms with Crippen molar-refractivity contribution in [3.05, 3.63) is 72.6 Å². The Balaban J connectivity index is 1.60. The van der Waals surface area contributed by atoms with Crippen molar-refractivity contribution in [2.75, 3.05) is 29.6 Å². The highest BCUT2D eigenvalue weighted by Gasteiger charge is 2.07. The summed E-state index contributed by atoms with van der Waals surface area (Å²) in [5.41, 5.74) is 4.78. The van der Waals surface area contributed by atoms with Crippen molar-refractivity contribution in [3.8, 4) is 0 Å². The minimum absolute atomic E-state index is 0.549. The molecule has 2 aromatic heterocycles. The predicted molar refractivity (Wildman–Crippen MR) is 116 cm³/mol. The zero-order chi connectivity index (χ0) is 19.5. The van der Waals surface area contributed by atoms with Crippen LogP contribution in [0.4, 0.5) is 28.8 Å². The number of benzene rings is 2. The smallest absolute Gasteiger partial charge is 0.229 e. The molecule has 0 spiro atoms. The van der Waals surface area contributed by atoms with Gasteiger partial charge in [-0.2, -0.15) is 4.98 Å². The molecule has 4 aromatic rings. The Kier molecular flexibility index (Phi) is 4.76. The van der Waals surface area contributed by atoms with Gasteiger partial charge in [-0.25, -0.2) is 4.98 Å². The van der Waals surface area contributed by atoms with E-state index in [2.05, 4.69) is 42.6 Å². The number of hydrogen-bond acceptors (Lipinski definition) is 6. The summed E-state index contributed by atoms with van der Waals surface area (Å²) in [7, 11) is 4.04. The first-order valence-electron chi connectivity index (χ1n) is 9.09. The maximum atomic E-state index is 4.62. The second-order valence-corrected chi connectivity index (χ2v) is 6.79. The van der Waals surface area contributed by atoms with Gasteiger partial charge in [0.1, 0.15) is 5.82 Å². The largest absolute Gasteiger partial charge is 0.378 e. The normalized spacial score (nSPS) is 10.7. The van der Waals surface area contributed by atoms with Gasteiger partial charge in [0.15, 0.2) is 0 Å². The van der Waals surface area contributed by atoms with Crippen molar-refractivity contribution in [3.63, 3.8) is 0 Å². The summed E-state index contributed by atoms with van der Waals surface area (Å²) >= 11 is 0. The number of aromatic nitrogens is 3. The summed E-state index contributed by atoms with van der Waals surface area (Å²) in [5, 5.41) is 7.74. The van der Waals surface area contributed by atoms with E-state index >= 15 is 0 Å². The number of para-hydroxylation sites is 1. The van der Waals surface area contributed by atoms with Crippen LogP contribution < -0.4 is 15.5 Å². The van der Waals surface area contributed by atoms with Gasteiger partial charge < -0.3 is 15.5 Å². The quantitative estimate of drug-likeness (QED) is 0.522. The van der Waals surface area contributed by atoms with Crippen molar-refractivity contribution in [2.24, 2.45) is 0 Å². The zero-order valence-electron chi connectivity index (χ0n) is 16.1. The standard InChI is InChI=1S/C22H22N6/c1-15-14-20(26-19-8-4-6-16-7-5-13-23-21(16)19)27-22(24-15)25-17-9-11-18(12-10-17)28(2)3/h4-14H,1-3H3,(H2,24,25,26,27). The minimum atomic E-state index is 0.549. The highest BCUT2D eigenvalue weighted by Crippen LogP contribution is 2.25. The average molecular weight is 370 g/mol. The minimum Gasteiger partial charge on any atom is -0.378 e. The molecule has 0 saturated carbocycles. The number of anilines is 5. The second-order valence-electron chi connectivity index (χ2n) is 6.79. The van der Waals surface area contributed by atoms with Crippen molar-refractivity contribution < 1.29 is 0 Å². The third-order valence-electron chi connectivity index (χ3n) is 4.39. The molecule has 0 atom stereocenters. The lowest BCUT2D eigenvalue weighted by molar-refractivity contribution is 1.11. The molecular formula is C22H22N6. The van der Waals surface area contributed by atoms with E-state index in [4.69, 9.17) is 0 Å². The number of aryl methyl sites for hydroxylation is 1. The van der Waals surface area contributed by atoms with Crippen molar-refractivity contribution >= 4 is 39.7 Å². The summed E-state index contributed by atoms with van der Waals surface area (Å²) in [6.07, 6.45) is 1.79. The maximum Gasteiger partial charge on any atom is 0.229 e. The number of pyridine rings is 1. The van der Waals surface area contributed by atoms with E-state index in [1.807, 2.05) is 69.6 Å². The first kappa shape index (κ1) is 17.7. The second kappa shape index (κ2) is 7.52. The van der Waals surface area contributed by atoms with Crippen LogP contribution in [0.1, 0.15) is 5.69 Å². The summed E-state index contributed by atoms with van der Waals surface area (Å²) in [6.45, 7) is 1.95. The van der Waals surface area contributed by atoms with Crippen LogP contribution in [0.15, 0.2) is 66.9 Å². The van der Waals surface area contributed by atoms with Gasteiger partial charge in [0.25, 0.3) is 0 Å². The first-order valence-corrected chi connectivity index (χ1v) is 9.09. The molecule has 0 bridgehead atoms. The van der Waals surface area contributed by atoms with Crippen LogP contribution in [0.3, 0.4) is 0 Å². The van der Waals surface area contributed by atoms with Crippen LogP contribution in [-0.4, -0.2) is 29.0 Å². The molecular weight excluding hydrogens is 348 g/mol. The average Bonchev–Trinajstić information content (AvgIpc) is 2.68. The summed E-state index contributed by atoms with van der Waals surface area (Å²) in [5.74, 6) is 1.27. The first-order chi connectivity index (χ1) is 13.6. The fourth-order valence-electron chi connectivity index (χ4n) is 3.00. The monoisotopic (exact) mass is 370 g/mol. The Labute approximate surface area is 164 Å². The summed E-state index contributed by atoms with van der Waals surface area (Å²) in [6, 6.07) is 20.1. The van der Waals surface area contributed by atoms with Gasteiger partial charge in [-0.15, -0.1) is 0 Å².